The van der Waals surface area contributed by atoms with Crippen LogP contribution in [0.2, 0.25) is 0 Å². The van der Waals surface area contributed by atoms with E-state index >= 15 is 0 Å². The summed E-state index contributed by atoms with van der Waals surface area (Å²) in [6.07, 6.45) is 3.38. The molecule has 1 aromatic carbocycles. The lowest BCUT2D eigenvalue weighted by molar-refractivity contribution is -0.119. The highest BCUT2D eigenvalue weighted by Gasteiger charge is 2.46. The number of carbonyl (C=O) groups excluding carboxylic acids is 2. The lowest BCUT2D eigenvalue weighted by Gasteiger charge is -2.19. The van der Waals surface area contributed by atoms with Gasteiger partial charge in [0, 0.05) is 20.0 Å². The molecule has 1 fully saturated rings. The summed E-state index contributed by atoms with van der Waals surface area (Å²) in [5.41, 5.74) is 0.993. The van der Waals surface area contributed by atoms with E-state index < -0.39 is 12.1 Å². The number of aryl methyl sites for hydroxylation is 1. The Balaban J connectivity index is 1.94. The number of rotatable bonds is 5. The van der Waals surface area contributed by atoms with Crippen molar-refractivity contribution in [2.45, 2.75) is 12.5 Å². The molecule has 0 saturated carbocycles. The van der Waals surface area contributed by atoms with Crippen LogP contribution in [0.1, 0.15) is 5.56 Å². The Hall–Kier alpha value is -2.96. The smallest absolute Gasteiger partial charge is 0.308 e. The molecule has 1 aliphatic heterocycles. The molecule has 23 heavy (non-hydrogen) atoms. The van der Waals surface area contributed by atoms with Crippen molar-refractivity contribution in [1.82, 2.24) is 19.7 Å². The van der Waals surface area contributed by atoms with Gasteiger partial charge in [-0.15, -0.1) is 6.58 Å². The van der Waals surface area contributed by atoms with Crippen LogP contribution in [0.3, 0.4) is 0 Å². The first-order chi connectivity index (χ1) is 11.1. The Morgan fingerprint density at radius 2 is 2.00 bits per heavy atom. The lowest BCUT2D eigenvalue weighted by atomic mass is 10.1. The Morgan fingerprint density at radius 1 is 1.26 bits per heavy atom. The predicted molar refractivity (Wildman–Crippen MR) is 84.7 cm³/mol. The van der Waals surface area contributed by atoms with Crippen LogP contribution in [0.25, 0.3) is 0 Å². The minimum absolute atomic E-state index is 0.227. The summed E-state index contributed by atoms with van der Waals surface area (Å²) in [5.74, 6) is -0.0681. The van der Waals surface area contributed by atoms with Gasteiger partial charge >= 0.3 is 6.03 Å². The van der Waals surface area contributed by atoms with Crippen molar-refractivity contribution in [2.24, 2.45) is 7.05 Å². The van der Waals surface area contributed by atoms with Crippen molar-refractivity contribution >= 4 is 17.9 Å². The van der Waals surface area contributed by atoms with Crippen molar-refractivity contribution < 1.29 is 9.59 Å². The molecule has 7 heteroatoms. The first-order valence-corrected chi connectivity index (χ1v) is 7.27. The largest absolute Gasteiger partial charge is 0.334 e. The van der Waals surface area contributed by atoms with Gasteiger partial charge in [0.1, 0.15) is 12.4 Å². The van der Waals surface area contributed by atoms with Crippen LogP contribution in [-0.2, 0) is 18.3 Å². The quantitative estimate of drug-likeness (QED) is 0.618. The first kappa shape index (κ1) is 15.0. The molecule has 2 heterocycles. The van der Waals surface area contributed by atoms with E-state index in [1.54, 1.807) is 13.1 Å². The predicted octanol–water partition coefficient (Wildman–Crippen LogP) is 1.38. The maximum atomic E-state index is 12.8. The number of imide groups is 1. The minimum atomic E-state index is -0.570. The van der Waals surface area contributed by atoms with E-state index in [1.807, 2.05) is 30.3 Å². The van der Waals surface area contributed by atoms with Gasteiger partial charge < -0.3 is 4.90 Å². The normalized spacial score (nSPS) is 17.9. The van der Waals surface area contributed by atoms with E-state index in [4.69, 9.17) is 0 Å². The zero-order chi connectivity index (χ0) is 16.4. The van der Waals surface area contributed by atoms with Crippen LogP contribution >= 0.6 is 0 Å². The van der Waals surface area contributed by atoms with Crippen molar-refractivity contribution in [2.75, 3.05) is 11.4 Å². The van der Waals surface area contributed by atoms with Crippen molar-refractivity contribution in [3.8, 4) is 0 Å². The van der Waals surface area contributed by atoms with E-state index in [-0.39, 0.29) is 11.9 Å². The van der Waals surface area contributed by atoms with Crippen molar-refractivity contribution in [3.63, 3.8) is 0 Å². The third kappa shape index (κ3) is 2.61. The van der Waals surface area contributed by atoms with Gasteiger partial charge in [-0.1, -0.05) is 36.4 Å². The number of nitrogens with zero attached hydrogens (tertiary/aromatic N) is 5. The average Bonchev–Trinajstić information content (AvgIpc) is 3.05. The second-order valence-electron chi connectivity index (χ2n) is 5.29. The second-order valence-corrected chi connectivity index (χ2v) is 5.29. The van der Waals surface area contributed by atoms with Gasteiger partial charge in [0.05, 0.1) is 0 Å². The Morgan fingerprint density at radius 3 is 2.61 bits per heavy atom. The molecule has 0 spiro atoms. The van der Waals surface area contributed by atoms with Gasteiger partial charge in [-0.3, -0.25) is 4.79 Å². The molecular weight excluding hydrogens is 294 g/mol. The number of amides is 3. The number of aromatic nitrogens is 3. The molecule has 0 radical (unpaired) electrons. The number of hydrogen-bond acceptors (Lipinski definition) is 4. The molecule has 118 valence electrons. The second kappa shape index (κ2) is 6.04. The van der Waals surface area contributed by atoms with E-state index in [0.717, 1.165) is 10.5 Å². The van der Waals surface area contributed by atoms with Gasteiger partial charge in [-0.25, -0.2) is 9.48 Å². The van der Waals surface area contributed by atoms with Crippen molar-refractivity contribution in [3.05, 3.63) is 54.9 Å². The van der Waals surface area contributed by atoms with E-state index in [0.29, 0.717) is 13.0 Å². The summed E-state index contributed by atoms with van der Waals surface area (Å²) in [5, 5.41) is 3.93. The van der Waals surface area contributed by atoms with Gasteiger partial charge in [0.25, 0.3) is 5.91 Å². The summed E-state index contributed by atoms with van der Waals surface area (Å²) >= 11 is 0. The summed E-state index contributed by atoms with van der Waals surface area (Å²) < 4.78 is 1.41. The van der Waals surface area contributed by atoms with Crippen molar-refractivity contribution in [1.29, 1.82) is 0 Å². The van der Waals surface area contributed by atoms with Crippen LogP contribution in [0.4, 0.5) is 10.7 Å². The summed E-state index contributed by atoms with van der Waals surface area (Å²) in [6, 6.07) is 8.65. The molecule has 1 atom stereocenters. The highest BCUT2D eigenvalue weighted by Crippen LogP contribution is 2.25. The van der Waals surface area contributed by atoms with E-state index in [1.165, 1.54) is 15.9 Å². The number of anilines is 1. The molecule has 0 unspecified atom stereocenters. The molecule has 0 bridgehead atoms. The van der Waals surface area contributed by atoms with Gasteiger partial charge in [-0.2, -0.15) is 15.0 Å². The van der Waals surface area contributed by atoms with Gasteiger partial charge in [-0.05, 0) is 5.56 Å². The summed E-state index contributed by atoms with van der Waals surface area (Å²) in [6.45, 7) is 3.98. The molecule has 0 aliphatic carbocycles. The zero-order valence-electron chi connectivity index (χ0n) is 12.8. The Kier molecular flexibility index (Phi) is 3.92. The highest BCUT2D eigenvalue weighted by molar-refractivity contribution is 6.20. The topological polar surface area (TPSA) is 71.3 Å². The highest BCUT2D eigenvalue weighted by atomic mass is 16.2. The lowest BCUT2D eigenvalue weighted by Crippen LogP contribution is -2.36. The zero-order valence-corrected chi connectivity index (χ0v) is 12.8. The standard InChI is InChI=1S/C16H17N5O2/c1-3-9-20-13(10-12-7-5-4-6-8-12)14(22)21(16(20)23)15-17-11-18-19(15)2/h3-8,11,13H,1,9-10H2,2H3/t13-/m0/s1. The Bertz CT molecular complexity index is 740. The SMILES string of the molecule is C=CCN1C(=O)N(c2ncnn2C)C(=O)[C@@H]1Cc1ccccc1. The monoisotopic (exact) mass is 311 g/mol. The third-order valence-corrected chi connectivity index (χ3v) is 3.80. The van der Waals surface area contributed by atoms with Crippen LogP contribution < -0.4 is 4.90 Å². The summed E-state index contributed by atoms with van der Waals surface area (Å²) in [4.78, 5) is 32.1. The van der Waals surface area contributed by atoms with Gasteiger partial charge in [0.15, 0.2) is 0 Å². The van der Waals surface area contributed by atoms with Gasteiger partial charge in [0.2, 0.25) is 5.95 Å². The van der Waals surface area contributed by atoms with E-state index in [9.17, 15) is 9.59 Å². The van der Waals surface area contributed by atoms with Crippen LogP contribution in [-0.4, -0.2) is 44.2 Å². The molecule has 7 nitrogen and oxygen atoms in total. The van der Waals surface area contributed by atoms with E-state index in [2.05, 4.69) is 16.7 Å². The Labute approximate surface area is 133 Å². The molecular formula is C16H17N5O2. The first-order valence-electron chi connectivity index (χ1n) is 7.27. The number of benzene rings is 1. The number of urea groups is 1. The maximum absolute atomic E-state index is 12.8. The van der Waals surface area contributed by atoms with Crippen LogP contribution in [0.5, 0.6) is 0 Å². The maximum Gasteiger partial charge on any atom is 0.334 e. The molecule has 1 aromatic heterocycles. The summed E-state index contributed by atoms with van der Waals surface area (Å²) in [7, 11) is 1.64. The molecule has 2 aromatic rings. The molecule has 0 N–H and O–H groups in total. The fraction of sp³-hybridized carbons (Fsp3) is 0.250. The molecule has 1 saturated heterocycles. The van der Waals surface area contributed by atoms with Crippen LogP contribution in [0.15, 0.2) is 49.3 Å². The minimum Gasteiger partial charge on any atom is -0.308 e. The molecule has 3 amide bonds. The van der Waals surface area contributed by atoms with Crippen LogP contribution in [0, 0.1) is 0 Å². The fourth-order valence-corrected chi connectivity index (χ4v) is 2.69. The third-order valence-electron chi connectivity index (χ3n) is 3.80. The molecule has 3 rings (SSSR count). The molecule has 1 aliphatic rings. The average molecular weight is 311 g/mol. The number of carbonyl (C=O) groups is 2. The number of hydrogen-bond donors (Lipinski definition) is 0. The fourth-order valence-electron chi connectivity index (χ4n) is 2.69.